The van der Waals surface area contributed by atoms with Crippen LogP contribution in [0.5, 0.6) is 0 Å². The van der Waals surface area contributed by atoms with E-state index < -0.39 is 11.9 Å². The number of carbonyl (C=O) groups is 2. The maximum atomic E-state index is 11.7. The smallest absolute Gasteiger partial charge is 0.318 e. The largest absolute Gasteiger partial charge is 0.465 e. The van der Waals surface area contributed by atoms with Crippen LogP contribution in [-0.2, 0) is 20.7 Å². The number of ether oxygens (including phenoxy) is 1. The lowest BCUT2D eigenvalue weighted by Crippen LogP contribution is -2.35. The molecule has 0 heterocycles. The summed E-state index contributed by atoms with van der Waals surface area (Å²) in [5, 5.41) is 2.48. The van der Waals surface area contributed by atoms with Gasteiger partial charge in [-0.1, -0.05) is 30.3 Å². The highest BCUT2D eigenvalue weighted by atomic mass is 16.5. The van der Waals surface area contributed by atoms with Crippen LogP contribution in [0.2, 0.25) is 0 Å². The summed E-state index contributed by atoms with van der Waals surface area (Å²) >= 11 is 0. The number of esters is 1. The maximum Gasteiger partial charge on any atom is 0.318 e. The van der Waals surface area contributed by atoms with Gasteiger partial charge in [-0.15, -0.1) is 0 Å². The molecule has 17 heavy (non-hydrogen) atoms. The third kappa shape index (κ3) is 3.90. The normalized spacial score (nSPS) is 11.6. The van der Waals surface area contributed by atoms with Crippen molar-refractivity contribution in [2.75, 3.05) is 13.7 Å². The van der Waals surface area contributed by atoms with Crippen LogP contribution in [-0.4, -0.2) is 25.5 Å². The monoisotopic (exact) mass is 235 g/mol. The lowest BCUT2D eigenvalue weighted by atomic mass is 9.98. The summed E-state index contributed by atoms with van der Waals surface area (Å²) in [5.74, 6) is -1.56. The summed E-state index contributed by atoms with van der Waals surface area (Å²) in [6.07, 6.45) is 0.360. The molecule has 0 fully saturated rings. The molecule has 0 radical (unpaired) electrons. The Morgan fingerprint density at radius 1 is 1.29 bits per heavy atom. The highest BCUT2D eigenvalue weighted by molar-refractivity contribution is 5.97. The number of benzene rings is 1. The molecule has 1 aromatic rings. The Kier molecular flexibility index (Phi) is 5.20. The van der Waals surface area contributed by atoms with Crippen LogP contribution in [0.1, 0.15) is 12.5 Å². The standard InChI is InChI=1S/C13H17NO3/c1-3-17-13(16)11(12(15)14-2)9-10-7-5-4-6-8-10/h4-8,11H,3,9H2,1-2H3,(H,14,15). The lowest BCUT2D eigenvalue weighted by Gasteiger charge is -2.13. The molecule has 1 amide bonds. The van der Waals surface area contributed by atoms with Crippen molar-refractivity contribution < 1.29 is 14.3 Å². The van der Waals surface area contributed by atoms with E-state index in [0.717, 1.165) is 5.56 Å². The van der Waals surface area contributed by atoms with Gasteiger partial charge in [-0.2, -0.15) is 0 Å². The minimum Gasteiger partial charge on any atom is -0.465 e. The molecule has 0 spiro atoms. The van der Waals surface area contributed by atoms with E-state index in [2.05, 4.69) is 5.32 Å². The van der Waals surface area contributed by atoms with E-state index in [1.54, 1.807) is 6.92 Å². The van der Waals surface area contributed by atoms with Crippen LogP contribution in [0.3, 0.4) is 0 Å². The average Bonchev–Trinajstić information content (AvgIpc) is 2.36. The minimum absolute atomic E-state index is 0.279. The van der Waals surface area contributed by atoms with E-state index in [4.69, 9.17) is 4.74 Å². The fourth-order valence-corrected chi connectivity index (χ4v) is 1.55. The fraction of sp³-hybridized carbons (Fsp3) is 0.385. The van der Waals surface area contributed by atoms with E-state index in [0.29, 0.717) is 6.42 Å². The number of nitrogens with one attached hydrogen (secondary N) is 1. The van der Waals surface area contributed by atoms with Gasteiger partial charge >= 0.3 is 5.97 Å². The maximum absolute atomic E-state index is 11.7. The molecule has 1 N–H and O–H groups in total. The number of hydrogen-bond acceptors (Lipinski definition) is 3. The summed E-state index contributed by atoms with van der Waals surface area (Å²) in [6, 6.07) is 9.41. The van der Waals surface area contributed by atoms with Gasteiger partial charge < -0.3 is 10.1 Å². The summed E-state index contributed by atoms with van der Waals surface area (Å²) in [7, 11) is 1.51. The first kappa shape index (κ1) is 13.2. The van der Waals surface area contributed by atoms with Crippen LogP contribution in [0.15, 0.2) is 30.3 Å². The van der Waals surface area contributed by atoms with Gasteiger partial charge in [-0.05, 0) is 18.9 Å². The van der Waals surface area contributed by atoms with Crippen molar-refractivity contribution in [3.8, 4) is 0 Å². The number of rotatable bonds is 5. The van der Waals surface area contributed by atoms with E-state index in [9.17, 15) is 9.59 Å². The van der Waals surface area contributed by atoms with Gasteiger partial charge in [-0.3, -0.25) is 9.59 Å². The van der Waals surface area contributed by atoms with Crippen molar-refractivity contribution in [2.45, 2.75) is 13.3 Å². The van der Waals surface area contributed by atoms with Crippen molar-refractivity contribution in [1.29, 1.82) is 0 Å². The Morgan fingerprint density at radius 3 is 2.47 bits per heavy atom. The molecule has 1 rings (SSSR count). The van der Waals surface area contributed by atoms with Gasteiger partial charge in [0.1, 0.15) is 5.92 Å². The Labute approximate surface area is 101 Å². The van der Waals surface area contributed by atoms with Gasteiger partial charge in [0.15, 0.2) is 0 Å². The summed E-state index contributed by atoms with van der Waals surface area (Å²) in [6.45, 7) is 2.00. The molecule has 92 valence electrons. The van der Waals surface area contributed by atoms with Crippen LogP contribution >= 0.6 is 0 Å². The van der Waals surface area contributed by atoms with E-state index >= 15 is 0 Å². The van der Waals surface area contributed by atoms with Gasteiger partial charge in [0, 0.05) is 7.05 Å². The third-order valence-corrected chi connectivity index (χ3v) is 2.42. The Morgan fingerprint density at radius 2 is 1.94 bits per heavy atom. The zero-order chi connectivity index (χ0) is 12.7. The second kappa shape index (κ2) is 6.68. The zero-order valence-electron chi connectivity index (χ0n) is 10.1. The molecule has 1 unspecified atom stereocenters. The molecular weight excluding hydrogens is 218 g/mol. The summed E-state index contributed by atoms with van der Waals surface area (Å²) in [4.78, 5) is 23.3. The predicted molar refractivity (Wildman–Crippen MR) is 64.3 cm³/mol. The highest BCUT2D eigenvalue weighted by Crippen LogP contribution is 2.10. The molecule has 0 aliphatic rings. The van der Waals surface area contributed by atoms with E-state index in [-0.39, 0.29) is 12.5 Å². The van der Waals surface area contributed by atoms with Crippen LogP contribution < -0.4 is 5.32 Å². The molecular formula is C13H17NO3. The summed E-state index contributed by atoms with van der Waals surface area (Å²) in [5.41, 5.74) is 0.939. The van der Waals surface area contributed by atoms with Crippen molar-refractivity contribution in [2.24, 2.45) is 5.92 Å². The van der Waals surface area contributed by atoms with Gasteiger partial charge in [0.2, 0.25) is 5.91 Å². The topological polar surface area (TPSA) is 55.4 Å². The van der Waals surface area contributed by atoms with E-state index in [1.807, 2.05) is 30.3 Å². The molecule has 0 aromatic heterocycles. The van der Waals surface area contributed by atoms with Crippen molar-refractivity contribution in [1.82, 2.24) is 5.32 Å². The molecule has 4 heteroatoms. The van der Waals surface area contributed by atoms with Gasteiger partial charge in [0.05, 0.1) is 6.61 Å². The van der Waals surface area contributed by atoms with Crippen molar-refractivity contribution >= 4 is 11.9 Å². The Hall–Kier alpha value is -1.84. The van der Waals surface area contributed by atoms with Gasteiger partial charge in [0.25, 0.3) is 0 Å². The van der Waals surface area contributed by atoms with Crippen LogP contribution in [0, 0.1) is 5.92 Å². The minimum atomic E-state index is -0.776. The first-order valence-electron chi connectivity index (χ1n) is 5.61. The molecule has 0 saturated heterocycles. The summed E-state index contributed by atoms with van der Waals surface area (Å²) < 4.78 is 4.90. The molecule has 0 saturated carbocycles. The molecule has 0 aliphatic carbocycles. The highest BCUT2D eigenvalue weighted by Gasteiger charge is 2.27. The first-order valence-corrected chi connectivity index (χ1v) is 5.61. The predicted octanol–water partition coefficient (Wildman–Crippen LogP) is 1.15. The Balaban J connectivity index is 2.77. The third-order valence-electron chi connectivity index (χ3n) is 2.42. The van der Waals surface area contributed by atoms with Crippen molar-refractivity contribution in [3.63, 3.8) is 0 Å². The molecule has 1 atom stereocenters. The molecule has 4 nitrogen and oxygen atoms in total. The first-order chi connectivity index (χ1) is 8.19. The quantitative estimate of drug-likeness (QED) is 0.615. The number of carbonyl (C=O) groups excluding carboxylic acids is 2. The number of amides is 1. The Bertz CT molecular complexity index is 376. The SMILES string of the molecule is CCOC(=O)C(Cc1ccccc1)C(=O)NC. The van der Waals surface area contributed by atoms with Crippen molar-refractivity contribution in [3.05, 3.63) is 35.9 Å². The lowest BCUT2D eigenvalue weighted by molar-refractivity contribution is -0.152. The second-order valence-corrected chi connectivity index (χ2v) is 3.61. The van der Waals surface area contributed by atoms with Crippen LogP contribution in [0.4, 0.5) is 0 Å². The fourth-order valence-electron chi connectivity index (χ4n) is 1.55. The molecule has 1 aromatic carbocycles. The molecule has 0 aliphatic heterocycles. The number of hydrogen-bond donors (Lipinski definition) is 1. The van der Waals surface area contributed by atoms with Gasteiger partial charge in [-0.25, -0.2) is 0 Å². The molecule has 0 bridgehead atoms. The zero-order valence-corrected chi connectivity index (χ0v) is 10.1. The average molecular weight is 235 g/mol. The second-order valence-electron chi connectivity index (χ2n) is 3.61. The van der Waals surface area contributed by atoms with Crippen LogP contribution in [0.25, 0.3) is 0 Å². The van der Waals surface area contributed by atoms with E-state index in [1.165, 1.54) is 7.05 Å².